The number of amides is 1. The van der Waals surface area contributed by atoms with Gasteiger partial charge in [0.2, 0.25) is 0 Å². The van der Waals surface area contributed by atoms with Gasteiger partial charge in [0, 0.05) is 5.69 Å². The van der Waals surface area contributed by atoms with Crippen molar-refractivity contribution in [3.05, 3.63) is 64.4 Å². The lowest BCUT2D eigenvalue weighted by atomic mass is 10.1. The summed E-state index contributed by atoms with van der Waals surface area (Å²) in [6.07, 6.45) is 0. The van der Waals surface area contributed by atoms with Crippen LogP contribution in [0.15, 0.2) is 42.5 Å². The molecule has 20 heavy (non-hydrogen) atoms. The van der Waals surface area contributed by atoms with Gasteiger partial charge in [-0.3, -0.25) is 4.79 Å². The van der Waals surface area contributed by atoms with E-state index in [9.17, 15) is 9.18 Å². The summed E-state index contributed by atoms with van der Waals surface area (Å²) >= 11 is 5.66. The van der Waals surface area contributed by atoms with Crippen molar-refractivity contribution in [2.24, 2.45) is 0 Å². The number of anilines is 1. The maximum Gasteiger partial charge on any atom is 0.254 e. The Labute approximate surface area is 121 Å². The van der Waals surface area contributed by atoms with Gasteiger partial charge in [0.05, 0.1) is 16.6 Å². The van der Waals surface area contributed by atoms with E-state index >= 15 is 0 Å². The second-order valence-electron chi connectivity index (χ2n) is 4.46. The summed E-state index contributed by atoms with van der Waals surface area (Å²) in [6.45, 7) is 1.81. The van der Waals surface area contributed by atoms with Crippen LogP contribution in [-0.4, -0.2) is 5.91 Å². The Kier molecular flexibility index (Phi) is 4.25. The molecule has 0 radical (unpaired) electrons. The topological polar surface area (TPSA) is 55.1 Å². The van der Waals surface area contributed by atoms with Crippen LogP contribution in [0.3, 0.4) is 0 Å². The minimum Gasteiger partial charge on any atom is -0.399 e. The third kappa shape index (κ3) is 3.08. The number of carbonyl (C=O) groups excluding carboxylic acids is 1. The Morgan fingerprint density at radius 2 is 1.90 bits per heavy atom. The van der Waals surface area contributed by atoms with Gasteiger partial charge < -0.3 is 11.1 Å². The van der Waals surface area contributed by atoms with Crippen molar-refractivity contribution in [3.63, 3.8) is 0 Å². The number of benzene rings is 2. The van der Waals surface area contributed by atoms with Gasteiger partial charge in [-0.2, -0.15) is 0 Å². The molecule has 0 fully saturated rings. The monoisotopic (exact) mass is 292 g/mol. The molecule has 2 rings (SSSR count). The molecule has 0 aliphatic heterocycles. The van der Waals surface area contributed by atoms with Crippen LogP contribution in [0.5, 0.6) is 0 Å². The fraction of sp³-hybridized carbons (Fsp3) is 0.133. The molecule has 0 spiro atoms. The van der Waals surface area contributed by atoms with Crippen LogP contribution in [-0.2, 0) is 0 Å². The van der Waals surface area contributed by atoms with Crippen LogP contribution in [0.25, 0.3) is 0 Å². The van der Waals surface area contributed by atoms with Gasteiger partial charge in [0.15, 0.2) is 5.82 Å². The van der Waals surface area contributed by atoms with Crippen LogP contribution in [0.2, 0.25) is 5.02 Å². The first-order chi connectivity index (χ1) is 9.49. The Morgan fingerprint density at radius 3 is 2.55 bits per heavy atom. The Balaban J connectivity index is 2.15. The maximum absolute atomic E-state index is 13.7. The molecule has 3 N–H and O–H groups in total. The normalized spacial score (nSPS) is 11.9. The summed E-state index contributed by atoms with van der Waals surface area (Å²) in [4.78, 5) is 12.0. The average molecular weight is 293 g/mol. The molecule has 0 saturated carbocycles. The van der Waals surface area contributed by atoms with E-state index in [2.05, 4.69) is 5.32 Å². The van der Waals surface area contributed by atoms with Crippen LogP contribution in [0.4, 0.5) is 10.1 Å². The third-order valence-electron chi connectivity index (χ3n) is 2.98. The first-order valence-electron chi connectivity index (χ1n) is 6.09. The van der Waals surface area contributed by atoms with Gasteiger partial charge in [-0.25, -0.2) is 4.39 Å². The zero-order valence-corrected chi connectivity index (χ0v) is 11.6. The lowest BCUT2D eigenvalue weighted by molar-refractivity contribution is 0.0936. The number of rotatable bonds is 3. The van der Waals surface area contributed by atoms with Crippen molar-refractivity contribution in [1.29, 1.82) is 0 Å². The van der Waals surface area contributed by atoms with E-state index < -0.39 is 11.7 Å². The molecule has 0 aromatic heterocycles. The zero-order chi connectivity index (χ0) is 14.7. The quantitative estimate of drug-likeness (QED) is 0.850. The van der Waals surface area contributed by atoms with Crippen molar-refractivity contribution < 1.29 is 9.18 Å². The van der Waals surface area contributed by atoms with Crippen LogP contribution >= 0.6 is 11.6 Å². The van der Waals surface area contributed by atoms with E-state index in [1.165, 1.54) is 18.2 Å². The van der Waals surface area contributed by atoms with Gasteiger partial charge in [-0.15, -0.1) is 0 Å². The van der Waals surface area contributed by atoms with Crippen molar-refractivity contribution in [2.75, 3.05) is 5.73 Å². The van der Waals surface area contributed by atoms with Crippen molar-refractivity contribution in [1.82, 2.24) is 5.32 Å². The van der Waals surface area contributed by atoms with Gasteiger partial charge in [0.1, 0.15) is 0 Å². The van der Waals surface area contributed by atoms with Gasteiger partial charge in [-0.05, 0) is 36.8 Å². The number of hydrogen-bond donors (Lipinski definition) is 2. The van der Waals surface area contributed by atoms with Crippen LogP contribution in [0, 0.1) is 5.82 Å². The lowest BCUT2D eigenvalue weighted by Gasteiger charge is -2.15. The highest BCUT2D eigenvalue weighted by molar-refractivity contribution is 6.31. The number of nitrogens with two attached hydrogens (primary N) is 1. The summed E-state index contributed by atoms with van der Waals surface area (Å²) in [5.41, 5.74) is 7.07. The number of nitrogens with one attached hydrogen (secondary N) is 1. The molecule has 104 valence electrons. The fourth-order valence-electron chi connectivity index (χ4n) is 1.82. The largest absolute Gasteiger partial charge is 0.399 e. The van der Waals surface area contributed by atoms with Crippen LogP contribution < -0.4 is 11.1 Å². The highest BCUT2D eigenvalue weighted by Gasteiger charge is 2.16. The van der Waals surface area contributed by atoms with Crippen molar-refractivity contribution in [2.45, 2.75) is 13.0 Å². The molecular weight excluding hydrogens is 279 g/mol. The third-order valence-corrected chi connectivity index (χ3v) is 3.27. The zero-order valence-electron chi connectivity index (χ0n) is 10.9. The molecule has 0 aliphatic rings. The first kappa shape index (κ1) is 14.3. The van der Waals surface area contributed by atoms with Crippen molar-refractivity contribution in [3.8, 4) is 0 Å². The number of hydrogen-bond acceptors (Lipinski definition) is 2. The Morgan fingerprint density at radius 1 is 1.25 bits per heavy atom. The average Bonchev–Trinajstić information content (AvgIpc) is 2.42. The lowest BCUT2D eigenvalue weighted by Crippen LogP contribution is -2.27. The number of carbonyl (C=O) groups is 1. The Hall–Kier alpha value is -2.07. The van der Waals surface area contributed by atoms with E-state index in [4.69, 9.17) is 17.3 Å². The smallest absolute Gasteiger partial charge is 0.254 e. The molecule has 2 aromatic rings. The van der Waals surface area contributed by atoms with E-state index in [1.807, 2.05) is 19.1 Å². The SMILES string of the molecule is CC(NC(=O)c1cccc(Cl)c1F)c1ccc(N)cc1. The molecule has 0 heterocycles. The standard InChI is InChI=1S/C15H14ClFN2O/c1-9(10-5-7-11(18)8-6-10)19-15(20)12-3-2-4-13(16)14(12)17/h2-9H,18H2,1H3,(H,19,20). The molecule has 1 unspecified atom stereocenters. The molecular formula is C15H14ClFN2O. The van der Waals surface area contributed by atoms with E-state index in [-0.39, 0.29) is 16.6 Å². The van der Waals surface area contributed by atoms with Gasteiger partial charge in [0.25, 0.3) is 5.91 Å². The summed E-state index contributed by atoms with van der Waals surface area (Å²) in [6, 6.07) is 11.2. The molecule has 0 bridgehead atoms. The highest BCUT2D eigenvalue weighted by atomic mass is 35.5. The van der Waals surface area contributed by atoms with Crippen LogP contribution in [0.1, 0.15) is 28.9 Å². The fourth-order valence-corrected chi connectivity index (χ4v) is 2.00. The second kappa shape index (κ2) is 5.92. The van der Waals surface area contributed by atoms with Gasteiger partial charge >= 0.3 is 0 Å². The Bertz CT molecular complexity index is 628. The molecule has 0 aliphatic carbocycles. The predicted molar refractivity (Wildman–Crippen MR) is 78.1 cm³/mol. The predicted octanol–water partition coefficient (Wildman–Crippen LogP) is 3.55. The number of halogens is 2. The summed E-state index contributed by atoms with van der Waals surface area (Å²) < 4.78 is 13.7. The van der Waals surface area contributed by atoms with Crippen molar-refractivity contribution >= 4 is 23.2 Å². The maximum atomic E-state index is 13.7. The van der Waals surface area contributed by atoms with E-state index in [0.29, 0.717) is 5.69 Å². The van der Waals surface area contributed by atoms with Gasteiger partial charge in [-0.1, -0.05) is 29.8 Å². The second-order valence-corrected chi connectivity index (χ2v) is 4.87. The molecule has 0 saturated heterocycles. The minimum absolute atomic E-state index is 0.0696. The highest BCUT2D eigenvalue weighted by Crippen LogP contribution is 2.19. The number of nitrogen functional groups attached to an aromatic ring is 1. The molecule has 3 nitrogen and oxygen atoms in total. The molecule has 2 aromatic carbocycles. The molecule has 1 atom stereocenters. The molecule has 1 amide bonds. The summed E-state index contributed by atoms with van der Waals surface area (Å²) in [5.74, 6) is -1.22. The van der Waals surface area contributed by atoms with E-state index in [0.717, 1.165) is 5.56 Å². The summed E-state index contributed by atoms with van der Waals surface area (Å²) in [5, 5.41) is 2.65. The first-order valence-corrected chi connectivity index (χ1v) is 6.47. The summed E-state index contributed by atoms with van der Waals surface area (Å²) in [7, 11) is 0. The minimum atomic E-state index is -0.712. The molecule has 5 heteroatoms. The van der Waals surface area contributed by atoms with E-state index in [1.54, 1.807) is 12.1 Å².